The second-order valence-corrected chi connectivity index (χ2v) is 6.76. The molecular formula is C24H28N4O4. The first-order valence-corrected chi connectivity index (χ1v) is 10.3. The summed E-state index contributed by atoms with van der Waals surface area (Å²) in [4.78, 5) is 8.78. The lowest BCUT2D eigenvalue weighted by Crippen LogP contribution is -2.22. The van der Waals surface area contributed by atoms with Gasteiger partial charge in [-0.1, -0.05) is 25.1 Å². The molecule has 0 fully saturated rings. The zero-order chi connectivity index (χ0) is 22.8. The molecule has 0 saturated carbocycles. The van der Waals surface area contributed by atoms with Crippen molar-refractivity contribution in [3.63, 3.8) is 0 Å². The molecule has 3 rings (SSSR count). The van der Waals surface area contributed by atoms with E-state index in [0.717, 1.165) is 17.7 Å². The number of para-hydroxylation sites is 2. The van der Waals surface area contributed by atoms with Crippen LogP contribution in [-0.4, -0.2) is 31.8 Å². The van der Waals surface area contributed by atoms with E-state index in [1.807, 2.05) is 42.5 Å². The van der Waals surface area contributed by atoms with Crippen LogP contribution in [-0.2, 0) is 6.54 Å². The molecule has 0 aliphatic heterocycles. The Morgan fingerprint density at radius 3 is 2.50 bits per heavy atom. The first-order chi connectivity index (χ1) is 15.6. The van der Waals surface area contributed by atoms with Gasteiger partial charge in [0.1, 0.15) is 0 Å². The lowest BCUT2D eigenvalue weighted by atomic mass is 10.2. The minimum absolute atomic E-state index is 0.249. The molecule has 3 aromatic rings. The first kappa shape index (κ1) is 22.7. The maximum Gasteiger partial charge on any atom is 0.224 e. The molecule has 32 heavy (non-hydrogen) atoms. The smallest absolute Gasteiger partial charge is 0.224 e. The van der Waals surface area contributed by atoms with Gasteiger partial charge < -0.3 is 30.0 Å². The monoisotopic (exact) mass is 436 g/mol. The molecule has 8 nitrogen and oxygen atoms in total. The third-order valence-corrected chi connectivity index (χ3v) is 4.44. The van der Waals surface area contributed by atoms with Gasteiger partial charge in [-0.05, 0) is 36.8 Å². The van der Waals surface area contributed by atoms with Crippen LogP contribution in [0, 0.1) is 0 Å². The highest BCUT2D eigenvalue weighted by molar-refractivity contribution is 5.92. The molecule has 168 valence electrons. The van der Waals surface area contributed by atoms with Gasteiger partial charge in [0.15, 0.2) is 29.0 Å². The van der Waals surface area contributed by atoms with Crippen LogP contribution in [0.4, 0.5) is 5.69 Å². The van der Waals surface area contributed by atoms with Gasteiger partial charge in [-0.15, -0.1) is 0 Å². The van der Waals surface area contributed by atoms with Crippen molar-refractivity contribution >= 4 is 11.6 Å². The second kappa shape index (κ2) is 11.5. The third kappa shape index (κ3) is 6.04. The quantitative estimate of drug-likeness (QED) is 0.354. The summed E-state index contributed by atoms with van der Waals surface area (Å²) in [6.45, 7) is 2.95. The summed E-state index contributed by atoms with van der Waals surface area (Å²) in [5.41, 5.74) is 7.60. The Morgan fingerprint density at radius 1 is 0.969 bits per heavy atom. The maximum atomic E-state index is 6.08. The van der Waals surface area contributed by atoms with Crippen molar-refractivity contribution < 1.29 is 18.9 Å². The second-order valence-electron chi connectivity index (χ2n) is 6.76. The molecule has 1 aromatic heterocycles. The number of rotatable bonds is 10. The Kier molecular flexibility index (Phi) is 8.14. The highest BCUT2D eigenvalue weighted by Crippen LogP contribution is 2.32. The lowest BCUT2D eigenvalue weighted by Gasteiger charge is -2.13. The minimum Gasteiger partial charge on any atom is -0.493 e. The summed E-state index contributed by atoms with van der Waals surface area (Å²) in [6, 6.07) is 16.6. The number of methoxy groups -OCH3 is 2. The van der Waals surface area contributed by atoms with E-state index >= 15 is 0 Å². The summed E-state index contributed by atoms with van der Waals surface area (Å²) < 4.78 is 22.4. The fraction of sp³-hybridized carbons (Fsp3) is 0.250. The number of nitrogens with one attached hydrogen (secondary N) is 1. The molecule has 0 aliphatic rings. The van der Waals surface area contributed by atoms with Crippen LogP contribution in [0.1, 0.15) is 18.9 Å². The number of aromatic nitrogens is 1. The molecule has 0 atom stereocenters. The van der Waals surface area contributed by atoms with Crippen LogP contribution in [0.3, 0.4) is 0 Å². The Balaban J connectivity index is 1.72. The van der Waals surface area contributed by atoms with Crippen LogP contribution in [0.2, 0.25) is 0 Å². The topological polar surface area (TPSA) is 100 Å². The fourth-order valence-corrected chi connectivity index (χ4v) is 2.88. The number of pyridine rings is 1. The highest BCUT2D eigenvalue weighted by Gasteiger charge is 2.11. The van der Waals surface area contributed by atoms with E-state index in [9.17, 15) is 0 Å². The predicted molar refractivity (Wildman–Crippen MR) is 125 cm³/mol. The van der Waals surface area contributed by atoms with Crippen LogP contribution >= 0.6 is 0 Å². The molecule has 0 unspecified atom stereocenters. The molecule has 0 bridgehead atoms. The van der Waals surface area contributed by atoms with Gasteiger partial charge in [0.25, 0.3) is 0 Å². The van der Waals surface area contributed by atoms with Gasteiger partial charge in [0.05, 0.1) is 27.4 Å². The van der Waals surface area contributed by atoms with E-state index in [2.05, 4.69) is 22.2 Å². The zero-order valence-corrected chi connectivity index (χ0v) is 18.5. The van der Waals surface area contributed by atoms with E-state index in [-0.39, 0.29) is 12.5 Å². The Hall–Kier alpha value is -3.94. The van der Waals surface area contributed by atoms with Crippen molar-refractivity contribution in [2.24, 2.45) is 10.7 Å². The van der Waals surface area contributed by atoms with Crippen molar-refractivity contribution in [2.45, 2.75) is 19.9 Å². The SMILES string of the molecule is CCCOc1ccccc1Oc1ncccc1CN=C(N)Nc1ccc(OC)c(OC)c1. The number of hydrogen-bond donors (Lipinski definition) is 2. The highest BCUT2D eigenvalue weighted by atomic mass is 16.5. The number of ether oxygens (including phenoxy) is 4. The molecule has 0 amide bonds. The Bertz CT molecular complexity index is 1060. The van der Waals surface area contributed by atoms with Crippen molar-refractivity contribution in [2.75, 3.05) is 26.1 Å². The number of guanidine groups is 1. The van der Waals surface area contributed by atoms with Gasteiger partial charge in [0, 0.05) is 23.5 Å². The molecule has 0 saturated heterocycles. The van der Waals surface area contributed by atoms with Crippen LogP contribution in [0.15, 0.2) is 65.8 Å². The number of hydrogen-bond acceptors (Lipinski definition) is 6. The largest absolute Gasteiger partial charge is 0.493 e. The maximum absolute atomic E-state index is 6.08. The number of anilines is 1. The molecule has 0 spiro atoms. The van der Waals surface area contributed by atoms with E-state index in [1.165, 1.54) is 0 Å². The van der Waals surface area contributed by atoms with E-state index in [0.29, 0.717) is 35.5 Å². The first-order valence-electron chi connectivity index (χ1n) is 10.3. The minimum atomic E-state index is 0.249. The molecule has 1 heterocycles. The molecule has 3 N–H and O–H groups in total. The predicted octanol–water partition coefficient (Wildman–Crippen LogP) is 4.61. The molecule has 8 heteroatoms. The van der Waals surface area contributed by atoms with Gasteiger partial charge in [-0.25, -0.2) is 9.98 Å². The summed E-state index contributed by atoms with van der Waals surface area (Å²) in [5.74, 6) is 3.19. The van der Waals surface area contributed by atoms with Crippen molar-refractivity contribution in [3.05, 3.63) is 66.4 Å². The van der Waals surface area contributed by atoms with E-state index in [4.69, 9.17) is 24.7 Å². The van der Waals surface area contributed by atoms with E-state index < -0.39 is 0 Å². The van der Waals surface area contributed by atoms with Gasteiger partial charge in [0.2, 0.25) is 5.88 Å². The number of nitrogens with two attached hydrogens (primary N) is 1. The van der Waals surface area contributed by atoms with Gasteiger partial charge in [-0.3, -0.25) is 0 Å². The lowest BCUT2D eigenvalue weighted by molar-refractivity contribution is 0.300. The van der Waals surface area contributed by atoms with E-state index in [1.54, 1.807) is 32.5 Å². The van der Waals surface area contributed by atoms with Crippen molar-refractivity contribution in [3.8, 4) is 28.9 Å². The zero-order valence-electron chi connectivity index (χ0n) is 18.5. The van der Waals surface area contributed by atoms with Crippen LogP contribution in [0.5, 0.6) is 28.9 Å². The summed E-state index contributed by atoms with van der Waals surface area (Å²) in [7, 11) is 3.16. The number of aliphatic imine (C=N–C) groups is 1. The average Bonchev–Trinajstić information content (AvgIpc) is 2.83. The summed E-state index contributed by atoms with van der Waals surface area (Å²) in [6.07, 6.45) is 2.58. The van der Waals surface area contributed by atoms with Gasteiger partial charge >= 0.3 is 0 Å². The molecule has 0 radical (unpaired) electrons. The summed E-state index contributed by atoms with van der Waals surface area (Å²) in [5, 5.41) is 3.05. The number of nitrogens with zero attached hydrogens (tertiary/aromatic N) is 2. The fourth-order valence-electron chi connectivity index (χ4n) is 2.88. The van der Waals surface area contributed by atoms with Crippen molar-refractivity contribution in [1.82, 2.24) is 4.98 Å². The van der Waals surface area contributed by atoms with Crippen LogP contribution in [0.25, 0.3) is 0 Å². The normalized spacial score (nSPS) is 11.0. The standard InChI is InChI=1S/C24H28N4O4/c1-4-14-31-20-9-5-6-10-21(20)32-23-17(8-7-13-26-23)16-27-24(25)28-18-11-12-19(29-2)22(15-18)30-3/h5-13,15H,4,14,16H2,1-3H3,(H3,25,27,28). The van der Waals surface area contributed by atoms with Crippen LogP contribution < -0.4 is 30.0 Å². The Morgan fingerprint density at radius 2 is 1.75 bits per heavy atom. The molecule has 0 aliphatic carbocycles. The van der Waals surface area contributed by atoms with Crippen molar-refractivity contribution in [1.29, 1.82) is 0 Å². The summed E-state index contributed by atoms with van der Waals surface area (Å²) >= 11 is 0. The molecular weight excluding hydrogens is 408 g/mol. The number of benzene rings is 2. The molecule has 2 aromatic carbocycles. The third-order valence-electron chi connectivity index (χ3n) is 4.44. The average molecular weight is 437 g/mol. The van der Waals surface area contributed by atoms with Gasteiger partial charge in [-0.2, -0.15) is 0 Å². The Labute approximate surface area is 188 Å².